The predicted octanol–water partition coefficient (Wildman–Crippen LogP) is 3.02. The Hall–Kier alpha value is -2.08. The Labute approximate surface area is 146 Å². The molecule has 1 atom stereocenters. The summed E-state index contributed by atoms with van der Waals surface area (Å²) in [6, 6.07) is 14.3. The molecule has 0 spiro atoms. The van der Waals surface area contributed by atoms with Gasteiger partial charge in [0, 0.05) is 25.2 Å². The SMILES string of the molecule is COCc1cccc(CNC(=O)NCC(O)c2ccc(Cl)cc2)c1. The summed E-state index contributed by atoms with van der Waals surface area (Å²) in [6.45, 7) is 1.06. The van der Waals surface area contributed by atoms with E-state index in [1.54, 1.807) is 31.4 Å². The number of hydrogen-bond donors (Lipinski definition) is 3. The number of aliphatic hydroxyl groups is 1. The Morgan fingerprint density at radius 1 is 1.17 bits per heavy atom. The van der Waals surface area contributed by atoms with Gasteiger partial charge in [-0.25, -0.2) is 4.79 Å². The van der Waals surface area contributed by atoms with Crippen LogP contribution in [0.3, 0.4) is 0 Å². The van der Waals surface area contributed by atoms with Crippen molar-refractivity contribution in [3.63, 3.8) is 0 Å². The van der Waals surface area contributed by atoms with Gasteiger partial charge in [0.15, 0.2) is 0 Å². The summed E-state index contributed by atoms with van der Waals surface area (Å²) in [5, 5.41) is 16.1. The molecule has 24 heavy (non-hydrogen) atoms. The third-order valence-corrected chi connectivity index (χ3v) is 3.72. The number of methoxy groups -OCH3 is 1. The Morgan fingerprint density at radius 3 is 2.58 bits per heavy atom. The summed E-state index contributed by atoms with van der Waals surface area (Å²) >= 11 is 5.80. The van der Waals surface area contributed by atoms with E-state index in [1.807, 2.05) is 24.3 Å². The predicted molar refractivity (Wildman–Crippen MR) is 93.8 cm³/mol. The molecule has 0 heterocycles. The number of amides is 2. The minimum absolute atomic E-state index is 0.122. The molecule has 0 radical (unpaired) electrons. The molecule has 0 fully saturated rings. The van der Waals surface area contributed by atoms with E-state index in [4.69, 9.17) is 16.3 Å². The summed E-state index contributed by atoms with van der Waals surface area (Å²) in [7, 11) is 1.64. The molecule has 0 aliphatic rings. The Bertz CT molecular complexity index is 662. The van der Waals surface area contributed by atoms with Crippen molar-refractivity contribution in [3.05, 3.63) is 70.2 Å². The maximum atomic E-state index is 11.8. The monoisotopic (exact) mass is 348 g/mol. The molecule has 128 valence electrons. The van der Waals surface area contributed by atoms with Crippen molar-refractivity contribution >= 4 is 17.6 Å². The normalized spacial score (nSPS) is 11.8. The number of ether oxygens (including phenoxy) is 1. The lowest BCUT2D eigenvalue weighted by atomic mass is 10.1. The number of aliphatic hydroxyl groups excluding tert-OH is 1. The summed E-state index contributed by atoms with van der Waals surface area (Å²) in [6.07, 6.45) is -0.780. The van der Waals surface area contributed by atoms with Crippen molar-refractivity contribution in [2.24, 2.45) is 0 Å². The van der Waals surface area contributed by atoms with Crippen LogP contribution < -0.4 is 10.6 Å². The average molecular weight is 349 g/mol. The summed E-state index contributed by atoms with van der Waals surface area (Å²) in [4.78, 5) is 11.8. The van der Waals surface area contributed by atoms with E-state index in [-0.39, 0.29) is 12.6 Å². The van der Waals surface area contributed by atoms with Gasteiger partial charge in [-0.05, 0) is 28.8 Å². The zero-order valence-electron chi connectivity index (χ0n) is 13.5. The average Bonchev–Trinajstić information content (AvgIpc) is 2.59. The molecular weight excluding hydrogens is 328 g/mol. The molecule has 0 bridgehead atoms. The molecule has 0 saturated carbocycles. The lowest BCUT2D eigenvalue weighted by molar-refractivity contribution is 0.173. The van der Waals surface area contributed by atoms with Crippen LogP contribution >= 0.6 is 11.6 Å². The van der Waals surface area contributed by atoms with Crippen LogP contribution in [-0.2, 0) is 17.9 Å². The maximum absolute atomic E-state index is 11.8. The molecule has 0 saturated heterocycles. The molecule has 2 aromatic carbocycles. The summed E-state index contributed by atoms with van der Waals surface area (Å²) in [5.74, 6) is 0. The summed E-state index contributed by atoms with van der Waals surface area (Å²) < 4.78 is 5.09. The molecule has 2 rings (SSSR count). The number of carbonyl (C=O) groups is 1. The smallest absolute Gasteiger partial charge is 0.315 e. The van der Waals surface area contributed by atoms with Crippen LogP contribution in [0, 0.1) is 0 Å². The van der Waals surface area contributed by atoms with Crippen molar-refractivity contribution in [3.8, 4) is 0 Å². The fourth-order valence-corrected chi connectivity index (χ4v) is 2.36. The molecule has 3 N–H and O–H groups in total. The molecule has 2 aromatic rings. The number of rotatable bonds is 7. The highest BCUT2D eigenvalue weighted by molar-refractivity contribution is 6.30. The lowest BCUT2D eigenvalue weighted by Crippen LogP contribution is -2.37. The van der Waals surface area contributed by atoms with E-state index in [9.17, 15) is 9.90 Å². The van der Waals surface area contributed by atoms with Gasteiger partial charge in [-0.3, -0.25) is 0 Å². The molecular formula is C18H21ClN2O3. The fraction of sp³-hybridized carbons (Fsp3) is 0.278. The first kappa shape index (κ1) is 18.3. The van der Waals surface area contributed by atoms with Crippen molar-refractivity contribution in [1.29, 1.82) is 0 Å². The number of carbonyl (C=O) groups excluding carboxylic acids is 1. The van der Waals surface area contributed by atoms with Crippen LogP contribution in [0.5, 0.6) is 0 Å². The first-order chi connectivity index (χ1) is 11.6. The second-order valence-corrected chi connectivity index (χ2v) is 5.82. The highest BCUT2D eigenvalue weighted by Gasteiger charge is 2.09. The number of hydrogen-bond acceptors (Lipinski definition) is 3. The van der Waals surface area contributed by atoms with Gasteiger partial charge >= 0.3 is 6.03 Å². The third kappa shape index (κ3) is 5.85. The minimum Gasteiger partial charge on any atom is -0.387 e. The van der Waals surface area contributed by atoms with Crippen molar-refractivity contribution in [1.82, 2.24) is 10.6 Å². The molecule has 5 nitrogen and oxygen atoms in total. The minimum atomic E-state index is -0.780. The Balaban J connectivity index is 1.77. The van der Waals surface area contributed by atoms with Gasteiger partial charge in [0.05, 0.1) is 12.7 Å². The third-order valence-electron chi connectivity index (χ3n) is 3.47. The topological polar surface area (TPSA) is 70.6 Å². The van der Waals surface area contributed by atoms with Gasteiger partial charge in [-0.15, -0.1) is 0 Å². The zero-order chi connectivity index (χ0) is 17.4. The zero-order valence-corrected chi connectivity index (χ0v) is 14.2. The van der Waals surface area contributed by atoms with Gasteiger partial charge in [-0.1, -0.05) is 48.0 Å². The van der Waals surface area contributed by atoms with Crippen LogP contribution in [0.25, 0.3) is 0 Å². The van der Waals surface area contributed by atoms with E-state index >= 15 is 0 Å². The number of nitrogens with one attached hydrogen (secondary N) is 2. The molecule has 1 unspecified atom stereocenters. The maximum Gasteiger partial charge on any atom is 0.315 e. The van der Waals surface area contributed by atoms with Crippen molar-refractivity contribution in [2.75, 3.05) is 13.7 Å². The van der Waals surface area contributed by atoms with Crippen molar-refractivity contribution < 1.29 is 14.6 Å². The number of urea groups is 1. The molecule has 0 aliphatic carbocycles. The van der Waals surface area contributed by atoms with Gasteiger partial charge < -0.3 is 20.5 Å². The van der Waals surface area contributed by atoms with E-state index in [0.717, 1.165) is 11.1 Å². The largest absolute Gasteiger partial charge is 0.387 e. The number of halogens is 1. The Kier molecular flexibility index (Phi) is 7.06. The first-order valence-corrected chi connectivity index (χ1v) is 7.98. The van der Waals surface area contributed by atoms with Gasteiger partial charge in [0.1, 0.15) is 0 Å². The molecule has 0 aromatic heterocycles. The fourth-order valence-electron chi connectivity index (χ4n) is 2.23. The van der Waals surface area contributed by atoms with Crippen LogP contribution in [0.4, 0.5) is 4.79 Å². The van der Waals surface area contributed by atoms with Gasteiger partial charge in [0.25, 0.3) is 0 Å². The standard InChI is InChI=1S/C18H21ClN2O3/c1-24-12-14-4-2-3-13(9-14)10-20-18(23)21-11-17(22)15-5-7-16(19)8-6-15/h2-9,17,22H,10-12H2,1H3,(H2,20,21,23). The first-order valence-electron chi connectivity index (χ1n) is 7.60. The van der Waals surface area contributed by atoms with Gasteiger partial charge in [0.2, 0.25) is 0 Å². The highest BCUT2D eigenvalue weighted by atomic mass is 35.5. The molecule has 0 aliphatic heterocycles. The lowest BCUT2D eigenvalue weighted by Gasteiger charge is -2.13. The molecule has 6 heteroatoms. The Morgan fingerprint density at radius 2 is 1.88 bits per heavy atom. The quantitative estimate of drug-likeness (QED) is 0.720. The van der Waals surface area contributed by atoms with Crippen LogP contribution in [0.1, 0.15) is 22.8 Å². The van der Waals surface area contributed by atoms with E-state index in [2.05, 4.69) is 10.6 Å². The number of benzene rings is 2. The highest BCUT2D eigenvalue weighted by Crippen LogP contribution is 2.15. The van der Waals surface area contributed by atoms with Crippen LogP contribution in [0.2, 0.25) is 5.02 Å². The van der Waals surface area contributed by atoms with Crippen LogP contribution in [-0.4, -0.2) is 24.8 Å². The molecule has 2 amide bonds. The summed E-state index contributed by atoms with van der Waals surface area (Å²) in [5.41, 5.74) is 2.74. The van der Waals surface area contributed by atoms with Crippen molar-refractivity contribution in [2.45, 2.75) is 19.3 Å². The second-order valence-electron chi connectivity index (χ2n) is 5.38. The second kappa shape index (κ2) is 9.27. The van der Waals surface area contributed by atoms with E-state index in [1.165, 1.54) is 0 Å². The van der Waals surface area contributed by atoms with E-state index in [0.29, 0.717) is 23.7 Å². The van der Waals surface area contributed by atoms with E-state index < -0.39 is 6.10 Å². The van der Waals surface area contributed by atoms with Gasteiger partial charge in [-0.2, -0.15) is 0 Å². The van der Waals surface area contributed by atoms with Crippen LogP contribution in [0.15, 0.2) is 48.5 Å².